The van der Waals surface area contributed by atoms with Gasteiger partial charge in [0.05, 0.1) is 17.3 Å². The minimum atomic E-state index is -3.01. The Morgan fingerprint density at radius 2 is 2.08 bits per heavy atom. The van der Waals surface area contributed by atoms with Crippen LogP contribution in [0.5, 0.6) is 0 Å². The Hall–Kier alpha value is -1.58. The molecule has 0 radical (unpaired) electrons. The van der Waals surface area contributed by atoms with Gasteiger partial charge in [-0.25, -0.2) is 8.42 Å². The second kappa shape index (κ2) is 7.98. The van der Waals surface area contributed by atoms with E-state index in [1.807, 2.05) is 23.6 Å². The summed E-state index contributed by atoms with van der Waals surface area (Å²) < 4.78 is 24.8. The number of aromatic nitrogens is 3. The zero-order chi connectivity index (χ0) is 18.7. The number of sulfone groups is 1. The van der Waals surface area contributed by atoms with E-state index in [1.54, 1.807) is 12.1 Å². The molecule has 3 rings (SSSR count). The first-order valence-electron chi connectivity index (χ1n) is 8.19. The number of carbonyl (C=O) groups is 1. The quantitative estimate of drug-likeness (QED) is 0.726. The van der Waals surface area contributed by atoms with Crippen molar-refractivity contribution in [3.05, 3.63) is 29.3 Å². The average Bonchev–Trinajstić information content (AvgIpc) is 3.16. The number of rotatable bonds is 6. The van der Waals surface area contributed by atoms with Crippen molar-refractivity contribution >= 4 is 39.1 Å². The fraction of sp³-hybridized carbons (Fsp3) is 0.438. The molecule has 0 bridgehead atoms. The van der Waals surface area contributed by atoms with Gasteiger partial charge in [-0.3, -0.25) is 4.79 Å². The fourth-order valence-electron chi connectivity index (χ4n) is 2.80. The minimum absolute atomic E-state index is 0.0231. The number of nitrogens with one attached hydrogen (secondary N) is 1. The van der Waals surface area contributed by atoms with Gasteiger partial charge in [-0.05, 0) is 37.6 Å². The Labute approximate surface area is 161 Å². The molecule has 0 aliphatic carbocycles. The maximum absolute atomic E-state index is 12.1. The molecule has 0 unspecified atom stereocenters. The second-order valence-electron chi connectivity index (χ2n) is 6.01. The highest BCUT2D eigenvalue weighted by molar-refractivity contribution is 7.99. The number of halogens is 1. The van der Waals surface area contributed by atoms with Gasteiger partial charge in [0.15, 0.2) is 20.8 Å². The molecule has 1 aliphatic rings. The van der Waals surface area contributed by atoms with Crippen molar-refractivity contribution in [2.75, 3.05) is 17.3 Å². The minimum Gasteiger partial charge on any atom is -0.352 e. The summed E-state index contributed by atoms with van der Waals surface area (Å²) >= 11 is 7.20. The van der Waals surface area contributed by atoms with Crippen molar-refractivity contribution in [1.82, 2.24) is 20.1 Å². The lowest BCUT2D eigenvalue weighted by molar-refractivity contribution is -0.119. The number of benzene rings is 1. The molecule has 10 heteroatoms. The summed E-state index contributed by atoms with van der Waals surface area (Å²) in [6.07, 6.45) is 0.477. The van der Waals surface area contributed by atoms with Gasteiger partial charge in [-0.2, -0.15) is 0 Å². The van der Waals surface area contributed by atoms with Crippen molar-refractivity contribution in [2.45, 2.75) is 31.1 Å². The van der Waals surface area contributed by atoms with Crippen LogP contribution in [-0.4, -0.2) is 52.4 Å². The molecule has 140 valence electrons. The van der Waals surface area contributed by atoms with E-state index < -0.39 is 9.84 Å². The van der Waals surface area contributed by atoms with E-state index in [4.69, 9.17) is 11.6 Å². The average molecular weight is 415 g/mol. The van der Waals surface area contributed by atoms with Gasteiger partial charge >= 0.3 is 0 Å². The second-order valence-corrected chi connectivity index (χ2v) is 9.62. The Morgan fingerprint density at radius 3 is 2.69 bits per heavy atom. The predicted molar refractivity (Wildman–Crippen MR) is 102 cm³/mol. The summed E-state index contributed by atoms with van der Waals surface area (Å²) in [7, 11) is -3.01. The third-order valence-corrected chi connectivity index (χ3v) is 7.05. The van der Waals surface area contributed by atoms with Crippen LogP contribution in [0.4, 0.5) is 0 Å². The summed E-state index contributed by atoms with van der Waals surface area (Å²) in [5.74, 6) is 0.842. The van der Waals surface area contributed by atoms with Gasteiger partial charge in [-0.15, -0.1) is 10.2 Å². The van der Waals surface area contributed by atoms with Gasteiger partial charge in [0.1, 0.15) is 0 Å². The normalized spacial score (nSPS) is 18.8. The third kappa shape index (κ3) is 4.57. The maximum Gasteiger partial charge on any atom is 0.230 e. The lowest BCUT2D eigenvalue weighted by Gasteiger charge is -2.11. The van der Waals surface area contributed by atoms with Crippen LogP contribution in [0.1, 0.15) is 13.3 Å². The first-order valence-corrected chi connectivity index (χ1v) is 11.4. The summed E-state index contributed by atoms with van der Waals surface area (Å²) in [5, 5.41) is 12.5. The Balaban J connectivity index is 1.63. The molecule has 2 heterocycles. The Morgan fingerprint density at radius 1 is 1.35 bits per heavy atom. The van der Waals surface area contributed by atoms with Crippen LogP contribution in [0.2, 0.25) is 5.02 Å². The highest BCUT2D eigenvalue weighted by Crippen LogP contribution is 2.25. The van der Waals surface area contributed by atoms with E-state index in [0.29, 0.717) is 29.0 Å². The SMILES string of the molecule is CCn1c(SCC(=O)N[C@@H]2CCS(=O)(=O)C2)nnc1-c1ccc(Cl)cc1. The molecule has 0 spiro atoms. The Bertz CT molecular complexity index is 897. The smallest absolute Gasteiger partial charge is 0.230 e. The molecule has 1 fully saturated rings. The molecule has 7 nitrogen and oxygen atoms in total. The Kier molecular flexibility index (Phi) is 5.89. The van der Waals surface area contributed by atoms with Crippen LogP contribution in [0.15, 0.2) is 29.4 Å². The zero-order valence-electron chi connectivity index (χ0n) is 14.2. The van der Waals surface area contributed by atoms with Gasteiger partial charge in [0.25, 0.3) is 0 Å². The largest absolute Gasteiger partial charge is 0.352 e. The molecule has 1 aliphatic heterocycles. The molecule has 1 amide bonds. The predicted octanol–water partition coefficient (Wildman–Crippen LogP) is 2.01. The van der Waals surface area contributed by atoms with Crippen LogP contribution in [0.25, 0.3) is 11.4 Å². The summed E-state index contributed by atoms with van der Waals surface area (Å²) in [6.45, 7) is 2.64. The zero-order valence-corrected chi connectivity index (χ0v) is 16.6. The summed E-state index contributed by atoms with van der Waals surface area (Å²) in [4.78, 5) is 12.1. The van der Waals surface area contributed by atoms with E-state index in [2.05, 4.69) is 15.5 Å². The number of thioether (sulfide) groups is 1. The standard InChI is InChI=1S/C16H19ClN4O3S2/c1-2-21-15(11-3-5-12(17)6-4-11)19-20-16(21)25-9-14(22)18-13-7-8-26(23,24)10-13/h3-6,13H,2,7-10H2,1H3,(H,18,22)/t13-/m1/s1. The number of hydrogen-bond donors (Lipinski definition) is 1. The van der Waals surface area contributed by atoms with Gasteiger partial charge in [-0.1, -0.05) is 23.4 Å². The van der Waals surface area contributed by atoms with E-state index in [0.717, 1.165) is 5.56 Å². The highest BCUT2D eigenvalue weighted by Gasteiger charge is 2.29. The van der Waals surface area contributed by atoms with Gasteiger partial charge < -0.3 is 9.88 Å². The van der Waals surface area contributed by atoms with Crippen LogP contribution in [0, 0.1) is 0 Å². The summed E-state index contributed by atoms with van der Waals surface area (Å²) in [5.41, 5.74) is 0.899. The molecule has 1 N–H and O–H groups in total. The maximum atomic E-state index is 12.1. The molecular weight excluding hydrogens is 396 g/mol. The number of amides is 1. The van der Waals surface area contributed by atoms with Crippen LogP contribution in [-0.2, 0) is 21.2 Å². The van der Waals surface area contributed by atoms with Crippen LogP contribution < -0.4 is 5.32 Å². The molecule has 1 saturated heterocycles. The van der Waals surface area contributed by atoms with Crippen molar-refractivity contribution in [3.63, 3.8) is 0 Å². The fourth-order valence-corrected chi connectivity index (χ4v) is 5.41. The van der Waals surface area contributed by atoms with Gasteiger partial charge in [0.2, 0.25) is 5.91 Å². The molecule has 1 aromatic heterocycles. The van der Waals surface area contributed by atoms with E-state index in [-0.39, 0.29) is 29.2 Å². The third-order valence-electron chi connectivity index (χ3n) is 4.07. The number of hydrogen-bond acceptors (Lipinski definition) is 6. The van der Waals surface area contributed by atoms with E-state index in [1.165, 1.54) is 11.8 Å². The topological polar surface area (TPSA) is 94.0 Å². The molecular formula is C16H19ClN4O3S2. The monoisotopic (exact) mass is 414 g/mol. The van der Waals surface area contributed by atoms with E-state index in [9.17, 15) is 13.2 Å². The molecule has 0 saturated carbocycles. The van der Waals surface area contributed by atoms with Crippen LogP contribution >= 0.6 is 23.4 Å². The lowest BCUT2D eigenvalue weighted by atomic mass is 10.2. The van der Waals surface area contributed by atoms with Crippen molar-refractivity contribution in [1.29, 1.82) is 0 Å². The molecule has 2 aromatic rings. The molecule has 1 aromatic carbocycles. The van der Waals surface area contributed by atoms with Crippen molar-refractivity contribution in [3.8, 4) is 11.4 Å². The molecule has 26 heavy (non-hydrogen) atoms. The van der Waals surface area contributed by atoms with E-state index >= 15 is 0 Å². The summed E-state index contributed by atoms with van der Waals surface area (Å²) in [6, 6.07) is 7.05. The number of nitrogens with zero attached hydrogens (tertiary/aromatic N) is 3. The first-order chi connectivity index (χ1) is 12.4. The molecule has 1 atom stereocenters. The lowest BCUT2D eigenvalue weighted by Crippen LogP contribution is -2.36. The van der Waals surface area contributed by atoms with Crippen molar-refractivity contribution in [2.24, 2.45) is 0 Å². The highest BCUT2D eigenvalue weighted by atomic mass is 35.5. The first kappa shape index (κ1) is 19.2. The number of carbonyl (C=O) groups excluding carboxylic acids is 1. The van der Waals surface area contributed by atoms with Crippen molar-refractivity contribution < 1.29 is 13.2 Å². The van der Waals surface area contributed by atoms with Gasteiger partial charge in [0, 0.05) is 23.2 Å². The van der Waals surface area contributed by atoms with Crippen LogP contribution in [0.3, 0.4) is 0 Å².